The van der Waals surface area contributed by atoms with Gasteiger partial charge in [-0.1, -0.05) is 63.3 Å². The van der Waals surface area contributed by atoms with Crippen molar-refractivity contribution in [3.8, 4) is 0 Å². The van der Waals surface area contributed by atoms with Crippen LogP contribution >= 0.6 is 0 Å². The molecule has 2 bridgehead atoms. The van der Waals surface area contributed by atoms with Gasteiger partial charge < -0.3 is 19.7 Å². The third kappa shape index (κ3) is 8.33. The van der Waals surface area contributed by atoms with Gasteiger partial charge >= 0.3 is 5.97 Å². The van der Waals surface area contributed by atoms with E-state index in [1.807, 2.05) is 41.5 Å². The Bertz CT molecular complexity index is 1320. The molecule has 49 heavy (non-hydrogen) atoms. The van der Waals surface area contributed by atoms with Crippen molar-refractivity contribution in [1.82, 2.24) is 0 Å². The van der Waals surface area contributed by atoms with Crippen LogP contribution in [-0.2, 0) is 28.7 Å². The maximum atomic E-state index is 14.7. The Morgan fingerprint density at radius 3 is 2.29 bits per heavy atom. The first-order valence-corrected chi connectivity index (χ1v) is 19.0. The van der Waals surface area contributed by atoms with Gasteiger partial charge in [-0.15, -0.1) is 0 Å². The van der Waals surface area contributed by atoms with Gasteiger partial charge in [0.2, 0.25) is 0 Å². The van der Waals surface area contributed by atoms with Crippen LogP contribution < -0.4 is 0 Å². The molecule has 8 nitrogen and oxygen atoms in total. The van der Waals surface area contributed by atoms with Gasteiger partial charge in [-0.3, -0.25) is 19.2 Å². The van der Waals surface area contributed by atoms with Crippen LogP contribution in [0.15, 0.2) is 22.8 Å². The van der Waals surface area contributed by atoms with E-state index in [2.05, 4.69) is 13.0 Å². The van der Waals surface area contributed by atoms with Crippen molar-refractivity contribution >= 4 is 23.3 Å². The monoisotopic (exact) mass is 684 g/mol. The van der Waals surface area contributed by atoms with Crippen LogP contribution in [0.1, 0.15) is 139 Å². The molecule has 0 spiro atoms. The Morgan fingerprint density at radius 1 is 0.939 bits per heavy atom. The molecule has 2 aliphatic carbocycles. The highest BCUT2D eigenvalue weighted by Crippen LogP contribution is 2.56. The third-order valence-corrected chi connectivity index (χ3v) is 13.0. The molecule has 10 atom stereocenters. The van der Waals surface area contributed by atoms with E-state index in [-0.39, 0.29) is 47.9 Å². The van der Waals surface area contributed by atoms with Crippen LogP contribution in [0.4, 0.5) is 0 Å². The van der Waals surface area contributed by atoms with E-state index < -0.39 is 52.5 Å². The van der Waals surface area contributed by atoms with E-state index in [4.69, 9.17) is 9.47 Å². The summed E-state index contributed by atoms with van der Waals surface area (Å²) in [6, 6.07) is 0. The summed E-state index contributed by atoms with van der Waals surface area (Å²) in [5, 5.41) is 22.8. The predicted octanol–water partition coefficient (Wildman–Crippen LogP) is 7.27. The van der Waals surface area contributed by atoms with E-state index in [1.165, 1.54) is 7.11 Å². The van der Waals surface area contributed by atoms with Gasteiger partial charge in [-0.25, -0.2) is 0 Å². The molecular weight excluding hydrogens is 620 g/mol. The molecule has 0 aromatic rings. The Balaban J connectivity index is 1.94. The number of Topliss-reactive ketones (excluding diaryl/α,β-unsaturated/α-hetero) is 3. The highest BCUT2D eigenvalue weighted by atomic mass is 16.5. The van der Waals surface area contributed by atoms with Gasteiger partial charge in [0.05, 0.1) is 35.9 Å². The fourth-order valence-corrected chi connectivity index (χ4v) is 9.41. The quantitative estimate of drug-likeness (QED) is 0.230. The van der Waals surface area contributed by atoms with E-state index in [1.54, 1.807) is 6.92 Å². The number of hydrogen-bond donors (Lipinski definition) is 2. The topological polar surface area (TPSA) is 127 Å². The first kappa shape index (κ1) is 39.6. The third-order valence-electron chi connectivity index (χ3n) is 13.0. The number of allylic oxidation sites excluding steroid dienone is 4. The molecule has 1 saturated heterocycles. The van der Waals surface area contributed by atoms with Crippen molar-refractivity contribution in [2.75, 3.05) is 7.11 Å². The van der Waals surface area contributed by atoms with Gasteiger partial charge in [0, 0.05) is 42.9 Å². The number of carbonyl (C=O) groups excluding carboxylic acids is 4. The minimum atomic E-state index is -1.49. The Hall–Kier alpha value is -2.16. The average molecular weight is 685 g/mol. The standard InChI is InChI=1S/C41H64O8/c1-24(2)30-22-33(42)27(5)12-10-11-25(3)20-34(43)32-21-28(6)29-15-18-40(8)36(45)16-17-39(7,47)37(49-40)14-13-26(4)19-31(29)41(32,23-35(30)44)38(46)48-9/h19,24-25,27,30-32,36-37,45,47H,10-18,20-23H2,1-9H3/b26-19+/t25-,27+,30-,31-,32+,36-,37+,39-,40-,41-/m0/s1. The summed E-state index contributed by atoms with van der Waals surface area (Å²) in [7, 11) is 1.34. The summed E-state index contributed by atoms with van der Waals surface area (Å²) in [4.78, 5) is 57.3. The summed E-state index contributed by atoms with van der Waals surface area (Å²) < 4.78 is 12.3. The fourth-order valence-electron chi connectivity index (χ4n) is 9.41. The van der Waals surface area contributed by atoms with Crippen molar-refractivity contribution in [2.24, 2.45) is 40.9 Å². The summed E-state index contributed by atoms with van der Waals surface area (Å²) >= 11 is 0. The van der Waals surface area contributed by atoms with E-state index in [9.17, 15) is 29.4 Å². The van der Waals surface area contributed by atoms with Gasteiger partial charge in [0.15, 0.2) is 0 Å². The zero-order chi connectivity index (χ0) is 36.5. The molecule has 4 rings (SSSR count). The molecule has 0 radical (unpaired) electrons. The van der Waals surface area contributed by atoms with Crippen molar-refractivity contribution in [3.63, 3.8) is 0 Å². The van der Waals surface area contributed by atoms with Crippen molar-refractivity contribution in [3.05, 3.63) is 22.8 Å². The van der Waals surface area contributed by atoms with Crippen LogP contribution in [0.5, 0.6) is 0 Å². The zero-order valence-corrected chi connectivity index (χ0v) is 31.7. The Morgan fingerprint density at radius 2 is 1.63 bits per heavy atom. The fraction of sp³-hybridized carbons (Fsp3) is 0.805. The molecule has 0 unspecified atom stereocenters. The lowest BCUT2D eigenvalue weighted by molar-refractivity contribution is -0.180. The number of ketones is 3. The van der Waals surface area contributed by atoms with Crippen LogP contribution in [0, 0.1) is 40.9 Å². The van der Waals surface area contributed by atoms with E-state index >= 15 is 0 Å². The lowest BCUT2D eigenvalue weighted by Gasteiger charge is -2.48. The molecule has 276 valence electrons. The molecule has 2 heterocycles. The lowest BCUT2D eigenvalue weighted by Crippen LogP contribution is -2.53. The Labute approximate surface area is 294 Å². The summed E-state index contributed by atoms with van der Waals surface area (Å²) in [5.41, 5.74) is -0.574. The van der Waals surface area contributed by atoms with Gasteiger partial charge in [-0.05, 0) is 90.9 Å². The van der Waals surface area contributed by atoms with Crippen LogP contribution in [0.25, 0.3) is 0 Å². The van der Waals surface area contributed by atoms with Gasteiger partial charge in [0.1, 0.15) is 17.3 Å². The maximum Gasteiger partial charge on any atom is 0.313 e. The number of rotatable bonds is 2. The highest BCUT2D eigenvalue weighted by Gasteiger charge is 2.59. The smallest absolute Gasteiger partial charge is 0.313 e. The molecule has 0 amide bonds. The number of hydrogen-bond acceptors (Lipinski definition) is 8. The zero-order valence-electron chi connectivity index (χ0n) is 31.7. The first-order valence-electron chi connectivity index (χ1n) is 19.0. The highest BCUT2D eigenvalue weighted by molar-refractivity contribution is 5.97. The molecule has 2 N–H and O–H groups in total. The van der Waals surface area contributed by atoms with Crippen molar-refractivity contribution < 1.29 is 38.9 Å². The number of methoxy groups -OCH3 is 1. The normalized spacial score (nSPS) is 41.8. The SMILES string of the molecule is COC(=O)[C@]12CC(=O)[C@H](C(C)C)CC(=O)[C@H](C)CCC[C@H](C)CC(=O)[C@H]1CC(C)=C1CC[C@]3(C)O[C@H](CC/C(C)=C/[C@@H]12)[C@@](C)(O)CC[C@@H]3O. The summed E-state index contributed by atoms with van der Waals surface area (Å²) in [6.07, 6.45) is 6.56. The molecular formula is C41H64O8. The lowest BCUT2D eigenvalue weighted by atomic mass is 9.53. The molecule has 1 saturated carbocycles. The van der Waals surface area contributed by atoms with E-state index in [0.29, 0.717) is 51.4 Å². The summed E-state index contributed by atoms with van der Waals surface area (Å²) in [6.45, 7) is 15.6. The average Bonchev–Trinajstić information content (AvgIpc) is 3.12. The van der Waals surface area contributed by atoms with Gasteiger partial charge in [0.25, 0.3) is 0 Å². The van der Waals surface area contributed by atoms with Crippen molar-refractivity contribution in [1.29, 1.82) is 0 Å². The molecule has 2 aliphatic heterocycles. The second-order valence-corrected chi connectivity index (χ2v) is 17.2. The number of ether oxygens (including phenoxy) is 2. The summed E-state index contributed by atoms with van der Waals surface area (Å²) in [5.74, 6) is -2.84. The molecule has 0 aromatic heterocycles. The number of carbonyl (C=O) groups is 4. The number of fused-ring (bicyclic) bond motifs is 5. The van der Waals surface area contributed by atoms with Gasteiger partial charge in [-0.2, -0.15) is 0 Å². The van der Waals surface area contributed by atoms with E-state index in [0.717, 1.165) is 36.0 Å². The molecule has 4 aliphatic rings. The first-order chi connectivity index (χ1) is 22.9. The Kier molecular flexibility index (Phi) is 12.6. The minimum Gasteiger partial charge on any atom is -0.469 e. The number of esters is 1. The maximum absolute atomic E-state index is 14.7. The number of aliphatic hydroxyl groups excluding tert-OH is 1. The van der Waals surface area contributed by atoms with Crippen LogP contribution in [0.3, 0.4) is 0 Å². The second kappa shape index (κ2) is 15.6. The second-order valence-electron chi connectivity index (χ2n) is 17.2. The van der Waals surface area contributed by atoms with Crippen LogP contribution in [0.2, 0.25) is 0 Å². The minimum absolute atomic E-state index is 0.0131. The molecule has 8 heteroatoms. The largest absolute Gasteiger partial charge is 0.469 e. The van der Waals surface area contributed by atoms with Crippen LogP contribution in [-0.4, -0.2) is 64.1 Å². The predicted molar refractivity (Wildman–Crippen MR) is 189 cm³/mol. The number of aliphatic hydroxyl groups is 2. The molecule has 0 aromatic carbocycles. The van der Waals surface area contributed by atoms with Crippen molar-refractivity contribution in [2.45, 2.75) is 162 Å². The molecule has 2 fully saturated rings.